The van der Waals surface area contributed by atoms with Crippen molar-refractivity contribution in [1.29, 1.82) is 0 Å². The zero-order chi connectivity index (χ0) is 15.5. The monoisotopic (exact) mass is 311 g/mol. The molecule has 0 unspecified atom stereocenters. The molecule has 2 heterocycles. The zero-order valence-electron chi connectivity index (χ0n) is 12.7. The summed E-state index contributed by atoms with van der Waals surface area (Å²) in [5, 5.41) is 3.61. The molecule has 1 aromatic heterocycles. The average molecular weight is 312 g/mol. The van der Waals surface area contributed by atoms with Gasteiger partial charge in [-0.3, -0.25) is 0 Å². The molecule has 0 bridgehead atoms. The van der Waals surface area contributed by atoms with E-state index in [1.165, 1.54) is 0 Å². The van der Waals surface area contributed by atoms with Gasteiger partial charge >= 0.3 is 6.09 Å². The Labute approximate surface area is 130 Å². The van der Waals surface area contributed by atoms with Crippen LogP contribution in [-0.2, 0) is 4.74 Å². The highest BCUT2D eigenvalue weighted by Gasteiger charge is 2.24. The van der Waals surface area contributed by atoms with Gasteiger partial charge in [-0.25, -0.2) is 9.78 Å². The highest BCUT2D eigenvalue weighted by atomic mass is 35.5. The summed E-state index contributed by atoms with van der Waals surface area (Å²) >= 11 is 5.98. The maximum Gasteiger partial charge on any atom is 0.407 e. The van der Waals surface area contributed by atoms with Crippen LogP contribution in [0.3, 0.4) is 0 Å². The molecule has 116 valence electrons. The number of aromatic nitrogens is 1. The van der Waals surface area contributed by atoms with Crippen LogP contribution in [0.2, 0.25) is 5.02 Å². The van der Waals surface area contributed by atoms with Gasteiger partial charge in [0.1, 0.15) is 11.4 Å². The number of ether oxygens (including phenoxy) is 1. The Hall–Kier alpha value is -1.49. The third-order valence-electron chi connectivity index (χ3n) is 3.25. The lowest BCUT2D eigenvalue weighted by Gasteiger charge is -2.33. The summed E-state index contributed by atoms with van der Waals surface area (Å²) < 4.78 is 5.27. The zero-order valence-corrected chi connectivity index (χ0v) is 13.5. The molecule has 1 aliphatic heterocycles. The Bertz CT molecular complexity index is 494. The smallest absolute Gasteiger partial charge is 0.407 e. The van der Waals surface area contributed by atoms with Crippen LogP contribution < -0.4 is 10.2 Å². The number of hydrogen-bond acceptors (Lipinski definition) is 4. The highest BCUT2D eigenvalue weighted by Crippen LogP contribution is 2.21. The third kappa shape index (κ3) is 5.08. The largest absolute Gasteiger partial charge is 0.444 e. The van der Waals surface area contributed by atoms with Crippen LogP contribution in [0.5, 0.6) is 0 Å². The van der Waals surface area contributed by atoms with Crippen LogP contribution in [-0.4, -0.2) is 35.8 Å². The van der Waals surface area contributed by atoms with Crippen molar-refractivity contribution in [3.05, 3.63) is 23.4 Å². The molecule has 1 fully saturated rings. The van der Waals surface area contributed by atoms with Gasteiger partial charge in [-0.1, -0.05) is 11.6 Å². The average Bonchev–Trinajstić information content (AvgIpc) is 2.37. The van der Waals surface area contributed by atoms with Crippen LogP contribution in [0.4, 0.5) is 10.6 Å². The Kier molecular flexibility index (Phi) is 4.93. The number of carbonyl (C=O) groups excluding carboxylic acids is 1. The normalized spacial score (nSPS) is 16.7. The van der Waals surface area contributed by atoms with Crippen molar-refractivity contribution in [1.82, 2.24) is 10.3 Å². The number of anilines is 1. The Morgan fingerprint density at radius 3 is 2.67 bits per heavy atom. The Morgan fingerprint density at radius 1 is 1.43 bits per heavy atom. The van der Waals surface area contributed by atoms with Crippen molar-refractivity contribution >= 4 is 23.5 Å². The van der Waals surface area contributed by atoms with Crippen LogP contribution in [0.25, 0.3) is 0 Å². The molecule has 0 spiro atoms. The van der Waals surface area contributed by atoms with Crippen molar-refractivity contribution in [3.8, 4) is 0 Å². The van der Waals surface area contributed by atoms with Gasteiger partial charge in [-0.15, -0.1) is 0 Å². The SMILES string of the molecule is CC(C)(C)OC(=O)NC1CCN(c2cc(Cl)ccn2)CC1. The molecular formula is C15H22ClN3O2. The molecule has 1 amide bonds. The van der Waals surface area contributed by atoms with E-state index >= 15 is 0 Å². The van der Waals surface area contributed by atoms with Gasteiger partial charge in [0.05, 0.1) is 0 Å². The molecule has 21 heavy (non-hydrogen) atoms. The van der Waals surface area contributed by atoms with Crippen molar-refractivity contribution in [2.24, 2.45) is 0 Å². The molecule has 2 rings (SSSR count). The predicted octanol–water partition coefficient (Wildman–Crippen LogP) is 3.23. The van der Waals surface area contributed by atoms with Gasteiger partial charge < -0.3 is 15.0 Å². The number of rotatable bonds is 2. The van der Waals surface area contributed by atoms with Crippen LogP contribution >= 0.6 is 11.6 Å². The first-order chi connectivity index (χ1) is 9.83. The number of nitrogens with one attached hydrogen (secondary N) is 1. The van der Waals surface area contributed by atoms with Gasteiger partial charge in [0.15, 0.2) is 0 Å². The van der Waals surface area contributed by atoms with E-state index in [-0.39, 0.29) is 12.1 Å². The molecule has 1 saturated heterocycles. The third-order valence-corrected chi connectivity index (χ3v) is 3.48. The van der Waals surface area contributed by atoms with E-state index in [0.717, 1.165) is 31.7 Å². The number of piperidine rings is 1. The lowest BCUT2D eigenvalue weighted by Crippen LogP contribution is -2.46. The molecule has 0 atom stereocenters. The van der Waals surface area contributed by atoms with Crippen LogP contribution in [0.15, 0.2) is 18.3 Å². The highest BCUT2D eigenvalue weighted by molar-refractivity contribution is 6.30. The number of carbonyl (C=O) groups is 1. The van der Waals surface area contributed by atoms with Gasteiger partial charge in [0.25, 0.3) is 0 Å². The molecule has 5 nitrogen and oxygen atoms in total. The van der Waals surface area contributed by atoms with E-state index in [1.807, 2.05) is 26.8 Å². The number of pyridine rings is 1. The summed E-state index contributed by atoms with van der Waals surface area (Å²) in [4.78, 5) is 18.3. The molecule has 1 aromatic rings. The first kappa shape index (κ1) is 15.9. The fourth-order valence-electron chi connectivity index (χ4n) is 2.29. The summed E-state index contributed by atoms with van der Waals surface area (Å²) in [5.41, 5.74) is -0.463. The molecule has 0 radical (unpaired) electrons. The molecular weight excluding hydrogens is 290 g/mol. The number of hydrogen-bond donors (Lipinski definition) is 1. The topological polar surface area (TPSA) is 54.5 Å². The summed E-state index contributed by atoms with van der Waals surface area (Å²) in [6.07, 6.45) is 3.10. The second-order valence-corrected chi connectivity index (χ2v) is 6.68. The number of nitrogens with zero attached hydrogens (tertiary/aromatic N) is 2. The van der Waals surface area contributed by atoms with Crippen molar-refractivity contribution < 1.29 is 9.53 Å². The summed E-state index contributed by atoms with van der Waals surface area (Å²) in [6.45, 7) is 7.27. The summed E-state index contributed by atoms with van der Waals surface area (Å²) in [5.74, 6) is 0.887. The van der Waals surface area contributed by atoms with E-state index in [4.69, 9.17) is 16.3 Å². The summed E-state index contributed by atoms with van der Waals surface area (Å²) in [6, 6.07) is 3.78. The number of amides is 1. The molecule has 0 aromatic carbocycles. The minimum absolute atomic E-state index is 0.148. The predicted molar refractivity (Wildman–Crippen MR) is 83.9 cm³/mol. The maximum absolute atomic E-state index is 11.7. The molecule has 6 heteroatoms. The van der Waals surface area contributed by atoms with E-state index in [1.54, 1.807) is 12.3 Å². The molecule has 0 aliphatic carbocycles. The quantitative estimate of drug-likeness (QED) is 0.911. The van der Waals surface area contributed by atoms with Crippen molar-refractivity contribution in [3.63, 3.8) is 0 Å². The van der Waals surface area contributed by atoms with E-state index in [9.17, 15) is 4.79 Å². The van der Waals surface area contributed by atoms with E-state index in [0.29, 0.717) is 5.02 Å². The van der Waals surface area contributed by atoms with Crippen molar-refractivity contribution in [2.75, 3.05) is 18.0 Å². The lowest BCUT2D eigenvalue weighted by atomic mass is 10.1. The number of alkyl carbamates (subject to hydrolysis) is 1. The first-order valence-corrected chi connectivity index (χ1v) is 7.57. The van der Waals surface area contributed by atoms with Crippen LogP contribution in [0, 0.1) is 0 Å². The Balaban J connectivity index is 1.82. The fraction of sp³-hybridized carbons (Fsp3) is 0.600. The molecule has 0 saturated carbocycles. The standard InChI is InChI=1S/C15H22ClN3O2/c1-15(2,3)21-14(20)18-12-5-8-19(9-6-12)13-10-11(16)4-7-17-13/h4,7,10,12H,5-6,8-9H2,1-3H3,(H,18,20). The summed E-state index contributed by atoms with van der Waals surface area (Å²) in [7, 11) is 0. The van der Waals surface area contributed by atoms with Gasteiger partial charge in [0, 0.05) is 30.4 Å². The minimum Gasteiger partial charge on any atom is -0.444 e. The van der Waals surface area contributed by atoms with Crippen molar-refractivity contribution in [2.45, 2.75) is 45.3 Å². The van der Waals surface area contributed by atoms with E-state index in [2.05, 4.69) is 15.2 Å². The second kappa shape index (κ2) is 6.52. The minimum atomic E-state index is -0.463. The van der Waals surface area contributed by atoms with Gasteiger partial charge in [0.2, 0.25) is 0 Å². The molecule has 1 N–H and O–H groups in total. The van der Waals surface area contributed by atoms with Crippen LogP contribution in [0.1, 0.15) is 33.6 Å². The Morgan fingerprint density at radius 2 is 2.10 bits per heavy atom. The van der Waals surface area contributed by atoms with E-state index < -0.39 is 5.60 Å². The first-order valence-electron chi connectivity index (χ1n) is 7.19. The van der Waals surface area contributed by atoms with Gasteiger partial charge in [-0.05, 0) is 45.7 Å². The maximum atomic E-state index is 11.7. The molecule has 1 aliphatic rings. The second-order valence-electron chi connectivity index (χ2n) is 6.24. The number of halogens is 1. The fourth-order valence-corrected chi connectivity index (χ4v) is 2.45. The lowest BCUT2D eigenvalue weighted by molar-refractivity contribution is 0.0497. The van der Waals surface area contributed by atoms with Gasteiger partial charge in [-0.2, -0.15) is 0 Å².